The number of hydrogen-bond acceptors (Lipinski definition) is 4. The first-order valence-corrected chi connectivity index (χ1v) is 10.9. The fraction of sp³-hybridized carbons (Fsp3) is 0.208. The lowest BCUT2D eigenvalue weighted by Gasteiger charge is -2.10. The van der Waals surface area contributed by atoms with Crippen LogP contribution in [0.5, 0.6) is 0 Å². The molecule has 0 saturated heterocycles. The standard InChI is InChI=1S/C24H28N4S/c1-26-23-11-9-20(10-12-23)24(29-2)16-28-17-27-15-22(25)14-18-7-8-19-5-3-4-6-21(19)13-18/h3-13,16-17,22,26H,14-15,25H2,1-2H3,(H,27,28)/b24-16-. The molecule has 0 aromatic heterocycles. The Labute approximate surface area is 177 Å². The molecule has 1 unspecified atom stereocenters. The maximum Gasteiger partial charge on any atom is 0.0864 e. The summed E-state index contributed by atoms with van der Waals surface area (Å²) in [5.74, 6) is 0. The van der Waals surface area contributed by atoms with Crippen LogP contribution < -0.4 is 16.4 Å². The van der Waals surface area contributed by atoms with Crippen LogP contribution in [0.25, 0.3) is 15.7 Å². The summed E-state index contributed by atoms with van der Waals surface area (Å²) in [6.45, 7) is 0.582. The molecule has 1 atom stereocenters. The van der Waals surface area contributed by atoms with Crippen LogP contribution in [0.2, 0.25) is 0 Å². The lowest BCUT2D eigenvalue weighted by atomic mass is 10.0. The van der Waals surface area contributed by atoms with Crippen LogP contribution in [0.4, 0.5) is 5.69 Å². The second-order valence-corrected chi connectivity index (χ2v) is 7.69. The number of anilines is 1. The van der Waals surface area contributed by atoms with Crippen LogP contribution in [0.15, 0.2) is 77.9 Å². The largest absolute Gasteiger partial charge is 0.388 e. The van der Waals surface area contributed by atoms with E-state index in [0.717, 1.165) is 17.0 Å². The number of nitrogens with two attached hydrogens (primary N) is 1. The number of aliphatic imine (C=N–C) groups is 1. The molecule has 29 heavy (non-hydrogen) atoms. The number of nitrogens with one attached hydrogen (secondary N) is 2. The van der Waals surface area contributed by atoms with Crippen molar-refractivity contribution in [2.45, 2.75) is 12.5 Å². The van der Waals surface area contributed by atoms with Crippen molar-refractivity contribution in [3.05, 3.63) is 84.1 Å². The van der Waals surface area contributed by atoms with Crippen LogP contribution in [0, 0.1) is 0 Å². The molecule has 0 aliphatic carbocycles. The first-order valence-electron chi connectivity index (χ1n) is 9.69. The van der Waals surface area contributed by atoms with Gasteiger partial charge in [0.05, 0.1) is 12.9 Å². The van der Waals surface area contributed by atoms with Crippen LogP contribution >= 0.6 is 11.8 Å². The maximum atomic E-state index is 6.27. The lowest BCUT2D eigenvalue weighted by Crippen LogP contribution is -2.26. The van der Waals surface area contributed by atoms with E-state index in [0.29, 0.717) is 6.54 Å². The van der Waals surface area contributed by atoms with Crippen LogP contribution in [0.3, 0.4) is 0 Å². The normalized spacial score (nSPS) is 13.0. The average molecular weight is 405 g/mol. The maximum absolute atomic E-state index is 6.27. The summed E-state index contributed by atoms with van der Waals surface area (Å²) in [6.07, 6.45) is 6.57. The molecule has 0 bridgehead atoms. The molecular weight excluding hydrogens is 376 g/mol. The van der Waals surface area contributed by atoms with E-state index in [1.165, 1.54) is 21.9 Å². The van der Waals surface area contributed by atoms with Gasteiger partial charge in [0.1, 0.15) is 0 Å². The van der Waals surface area contributed by atoms with Crippen molar-refractivity contribution in [2.75, 3.05) is 25.2 Å². The van der Waals surface area contributed by atoms with Gasteiger partial charge in [-0.1, -0.05) is 54.6 Å². The Balaban J connectivity index is 1.50. The monoisotopic (exact) mass is 404 g/mol. The molecule has 0 amide bonds. The highest BCUT2D eigenvalue weighted by Crippen LogP contribution is 2.25. The predicted octanol–water partition coefficient (Wildman–Crippen LogP) is 4.73. The second-order valence-electron chi connectivity index (χ2n) is 6.85. The van der Waals surface area contributed by atoms with Gasteiger partial charge in [-0.25, -0.2) is 0 Å². The minimum absolute atomic E-state index is 0.00713. The number of rotatable bonds is 9. The number of nitrogens with zero attached hydrogens (tertiary/aromatic N) is 1. The van der Waals surface area contributed by atoms with Gasteiger partial charge in [-0.2, -0.15) is 0 Å². The minimum atomic E-state index is -0.00713. The van der Waals surface area contributed by atoms with E-state index in [1.54, 1.807) is 18.1 Å². The molecule has 150 valence electrons. The molecule has 5 heteroatoms. The zero-order valence-electron chi connectivity index (χ0n) is 16.9. The molecule has 0 aliphatic heterocycles. The van der Waals surface area contributed by atoms with E-state index in [9.17, 15) is 0 Å². The molecular formula is C24H28N4S. The zero-order chi connectivity index (χ0) is 20.5. The Hall–Kier alpha value is -2.76. The Morgan fingerprint density at radius 3 is 2.55 bits per heavy atom. The fourth-order valence-corrected chi connectivity index (χ4v) is 3.71. The molecule has 4 N–H and O–H groups in total. The van der Waals surface area contributed by atoms with Crippen molar-refractivity contribution in [1.29, 1.82) is 0 Å². The van der Waals surface area contributed by atoms with Crippen molar-refractivity contribution in [2.24, 2.45) is 10.7 Å². The summed E-state index contributed by atoms with van der Waals surface area (Å²) >= 11 is 1.70. The smallest absolute Gasteiger partial charge is 0.0864 e. The van der Waals surface area contributed by atoms with Gasteiger partial charge in [0.15, 0.2) is 0 Å². The third-order valence-electron chi connectivity index (χ3n) is 4.71. The Morgan fingerprint density at radius 1 is 1.07 bits per heavy atom. The molecule has 0 radical (unpaired) electrons. The van der Waals surface area contributed by atoms with Gasteiger partial charge in [0, 0.05) is 29.9 Å². The lowest BCUT2D eigenvalue weighted by molar-refractivity contribution is 0.680. The molecule has 3 aromatic rings. The van der Waals surface area contributed by atoms with Crippen molar-refractivity contribution >= 4 is 39.5 Å². The molecule has 0 fully saturated rings. The Kier molecular flexibility index (Phi) is 7.73. The van der Waals surface area contributed by atoms with E-state index in [2.05, 4.69) is 88.6 Å². The van der Waals surface area contributed by atoms with E-state index >= 15 is 0 Å². The zero-order valence-corrected chi connectivity index (χ0v) is 17.7. The minimum Gasteiger partial charge on any atom is -0.388 e. The Bertz CT molecular complexity index is 980. The van der Waals surface area contributed by atoms with Crippen LogP contribution in [0.1, 0.15) is 11.1 Å². The summed E-state index contributed by atoms with van der Waals surface area (Å²) in [7, 11) is 1.92. The summed E-state index contributed by atoms with van der Waals surface area (Å²) < 4.78 is 0. The summed E-state index contributed by atoms with van der Waals surface area (Å²) in [4.78, 5) is 5.58. The van der Waals surface area contributed by atoms with Gasteiger partial charge >= 0.3 is 0 Å². The van der Waals surface area contributed by atoms with Crippen molar-refractivity contribution in [3.8, 4) is 0 Å². The molecule has 0 aliphatic rings. The van der Waals surface area contributed by atoms with Crippen LogP contribution in [-0.2, 0) is 6.42 Å². The van der Waals surface area contributed by atoms with E-state index < -0.39 is 0 Å². The number of benzene rings is 3. The summed E-state index contributed by atoms with van der Waals surface area (Å²) in [6, 6.07) is 23.2. The molecule has 0 saturated carbocycles. The van der Waals surface area contributed by atoms with E-state index in [4.69, 9.17) is 5.73 Å². The van der Waals surface area contributed by atoms with Gasteiger partial charge in [-0.3, -0.25) is 4.99 Å². The SMILES string of the molecule is CNc1ccc(/C(=C/NC=NCC(N)Cc2ccc3ccccc3c2)SC)cc1. The Morgan fingerprint density at radius 2 is 1.83 bits per heavy atom. The summed E-state index contributed by atoms with van der Waals surface area (Å²) in [5.41, 5.74) is 9.79. The van der Waals surface area contributed by atoms with E-state index in [-0.39, 0.29) is 6.04 Å². The highest BCUT2D eigenvalue weighted by molar-refractivity contribution is 8.07. The van der Waals surface area contributed by atoms with Crippen molar-refractivity contribution < 1.29 is 0 Å². The average Bonchev–Trinajstić information content (AvgIpc) is 2.76. The number of fused-ring (bicyclic) bond motifs is 1. The third-order valence-corrected chi connectivity index (χ3v) is 5.50. The van der Waals surface area contributed by atoms with Crippen molar-refractivity contribution in [3.63, 3.8) is 0 Å². The first kappa shape index (κ1) is 21.0. The number of hydrogen-bond donors (Lipinski definition) is 3. The van der Waals surface area contributed by atoms with Crippen molar-refractivity contribution in [1.82, 2.24) is 5.32 Å². The van der Waals surface area contributed by atoms with E-state index in [1.807, 2.05) is 13.2 Å². The van der Waals surface area contributed by atoms with Gasteiger partial charge < -0.3 is 16.4 Å². The summed E-state index contributed by atoms with van der Waals surface area (Å²) in [5, 5.41) is 8.80. The topological polar surface area (TPSA) is 62.4 Å². The quantitative estimate of drug-likeness (QED) is 0.356. The number of thioether (sulfide) groups is 1. The van der Waals surface area contributed by atoms with Gasteiger partial charge in [0.2, 0.25) is 0 Å². The van der Waals surface area contributed by atoms with Crippen LogP contribution in [-0.4, -0.2) is 32.2 Å². The molecule has 4 nitrogen and oxygen atoms in total. The third kappa shape index (κ3) is 6.11. The fourth-order valence-electron chi connectivity index (χ4n) is 3.15. The van der Waals surface area contributed by atoms with Gasteiger partial charge in [-0.05, 0) is 46.7 Å². The highest BCUT2D eigenvalue weighted by atomic mass is 32.2. The first-order chi connectivity index (χ1) is 14.2. The molecule has 0 spiro atoms. The molecule has 3 rings (SSSR count). The van der Waals surface area contributed by atoms with Gasteiger partial charge in [-0.15, -0.1) is 11.8 Å². The van der Waals surface area contributed by atoms with Gasteiger partial charge in [0.25, 0.3) is 0 Å². The second kappa shape index (κ2) is 10.7. The highest BCUT2D eigenvalue weighted by Gasteiger charge is 2.04. The predicted molar refractivity (Wildman–Crippen MR) is 130 cm³/mol. The molecule has 0 heterocycles. The molecule has 3 aromatic carbocycles.